The molecule has 1 N–H and O–H groups in total. The van der Waals surface area contributed by atoms with E-state index in [9.17, 15) is 18.4 Å². The molecule has 1 aromatic carbocycles. The minimum absolute atomic E-state index is 0.0401. The van der Waals surface area contributed by atoms with E-state index < -0.39 is 11.6 Å². The summed E-state index contributed by atoms with van der Waals surface area (Å²) in [5.41, 5.74) is 1.66. The Bertz CT molecular complexity index is 1080. The van der Waals surface area contributed by atoms with Crippen molar-refractivity contribution in [3.05, 3.63) is 69.1 Å². The molecule has 184 valence electrons. The number of nitrogens with one attached hydrogen (secondary N) is 1. The molecule has 0 spiro atoms. The summed E-state index contributed by atoms with van der Waals surface area (Å²) in [6.07, 6.45) is 5.47. The van der Waals surface area contributed by atoms with Crippen LogP contribution in [-0.2, 0) is 29.5 Å². The van der Waals surface area contributed by atoms with Crippen molar-refractivity contribution in [1.82, 2.24) is 14.8 Å². The van der Waals surface area contributed by atoms with Gasteiger partial charge in [0.25, 0.3) is 5.56 Å². The fourth-order valence-corrected chi connectivity index (χ4v) is 4.87. The van der Waals surface area contributed by atoms with Crippen LogP contribution in [0.4, 0.5) is 8.78 Å². The Morgan fingerprint density at radius 1 is 1.24 bits per heavy atom. The highest BCUT2D eigenvalue weighted by molar-refractivity contribution is 5.81. The maximum absolute atomic E-state index is 14.8. The zero-order chi connectivity index (χ0) is 24.2. The van der Waals surface area contributed by atoms with Crippen LogP contribution in [-0.4, -0.2) is 48.2 Å². The Labute approximate surface area is 198 Å². The van der Waals surface area contributed by atoms with Crippen LogP contribution in [0.2, 0.25) is 0 Å². The molecule has 4 rings (SSSR count). The van der Waals surface area contributed by atoms with E-state index in [1.54, 1.807) is 37.4 Å². The number of aryl methyl sites for hydroxylation is 2. The van der Waals surface area contributed by atoms with Crippen molar-refractivity contribution in [2.75, 3.05) is 26.8 Å². The van der Waals surface area contributed by atoms with Crippen molar-refractivity contribution in [3.8, 4) is 0 Å². The summed E-state index contributed by atoms with van der Waals surface area (Å²) in [4.78, 5) is 27.7. The summed E-state index contributed by atoms with van der Waals surface area (Å²) in [5.74, 6) is -2.29. The van der Waals surface area contributed by atoms with Gasteiger partial charge >= 0.3 is 0 Å². The minimum atomic E-state index is -0.890. The molecule has 2 aromatic rings. The summed E-state index contributed by atoms with van der Waals surface area (Å²) in [6.45, 7) is 1.84. The average Bonchev–Trinajstić information content (AvgIpc) is 3.67. The van der Waals surface area contributed by atoms with Gasteiger partial charge in [0.05, 0.1) is 5.92 Å². The molecule has 2 aliphatic rings. The Kier molecular flexibility index (Phi) is 7.78. The van der Waals surface area contributed by atoms with E-state index in [1.165, 1.54) is 10.6 Å². The van der Waals surface area contributed by atoms with Gasteiger partial charge in [-0.1, -0.05) is 6.07 Å². The van der Waals surface area contributed by atoms with Gasteiger partial charge in [-0.25, -0.2) is 8.78 Å². The van der Waals surface area contributed by atoms with Crippen LogP contribution in [0.25, 0.3) is 0 Å². The number of pyridine rings is 1. The third kappa shape index (κ3) is 5.55. The SMILES string of the molecule is COCCCc1cc(F)c(F)c(CN(C(=O)[C@H]2CNCCC2c2ccn(C)c(=O)c2)C2CC2)c1. The van der Waals surface area contributed by atoms with Gasteiger partial charge in [0.15, 0.2) is 11.6 Å². The van der Waals surface area contributed by atoms with E-state index in [1.807, 2.05) is 6.07 Å². The van der Waals surface area contributed by atoms with E-state index in [4.69, 9.17) is 4.74 Å². The van der Waals surface area contributed by atoms with Crippen LogP contribution >= 0.6 is 0 Å². The second-order valence-corrected chi connectivity index (χ2v) is 9.46. The van der Waals surface area contributed by atoms with Gasteiger partial charge in [0.2, 0.25) is 5.91 Å². The van der Waals surface area contributed by atoms with E-state index in [0.717, 1.165) is 31.4 Å². The molecule has 2 atom stereocenters. The number of benzene rings is 1. The number of nitrogens with zero attached hydrogens (tertiary/aromatic N) is 2. The van der Waals surface area contributed by atoms with Crippen LogP contribution in [0, 0.1) is 17.6 Å². The number of piperidine rings is 1. The third-order valence-electron chi connectivity index (χ3n) is 6.94. The molecule has 1 saturated heterocycles. The highest BCUT2D eigenvalue weighted by Crippen LogP contribution is 2.36. The van der Waals surface area contributed by atoms with E-state index >= 15 is 0 Å². The molecule has 1 amide bonds. The predicted octanol–water partition coefficient (Wildman–Crippen LogP) is 3.13. The summed E-state index contributed by atoms with van der Waals surface area (Å²) in [5, 5.41) is 3.30. The summed E-state index contributed by atoms with van der Waals surface area (Å²) >= 11 is 0. The van der Waals surface area contributed by atoms with Gasteiger partial charge in [-0.2, -0.15) is 0 Å². The Morgan fingerprint density at radius 2 is 2.03 bits per heavy atom. The molecule has 2 fully saturated rings. The standard InChI is InChI=1S/C26H33F2N3O3/c1-30-10-8-18(14-24(30)32)21-7-9-29-15-22(21)26(33)31(20-5-6-20)16-19-12-17(4-3-11-34-2)13-23(27)25(19)28/h8,10,12-14,20-22,29H,3-7,9,11,15-16H2,1-2H3/t21?,22-/m0/s1. The monoisotopic (exact) mass is 473 g/mol. The third-order valence-corrected chi connectivity index (χ3v) is 6.94. The zero-order valence-electron chi connectivity index (χ0n) is 19.9. The summed E-state index contributed by atoms with van der Waals surface area (Å²) < 4.78 is 35.7. The summed E-state index contributed by atoms with van der Waals surface area (Å²) in [6, 6.07) is 6.45. The van der Waals surface area contributed by atoms with Crippen molar-refractivity contribution in [2.45, 2.75) is 50.6 Å². The topological polar surface area (TPSA) is 63.6 Å². The molecule has 0 radical (unpaired) electrons. The molecule has 34 heavy (non-hydrogen) atoms. The normalized spacial score (nSPS) is 20.4. The minimum Gasteiger partial charge on any atom is -0.385 e. The first-order chi connectivity index (χ1) is 16.4. The molecule has 2 heterocycles. The first kappa shape index (κ1) is 24.5. The number of carbonyl (C=O) groups excluding carboxylic acids is 1. The number of ether oxygens (including phenoxy) is 1. The maximum Gasteiger partial charge on any atom is 0.250 e. The molecule has 1 aliphatic carbocycles. The number of methoxy groups -OCH3 is 1. The molecule has 1 saturated carbocycles. The molecule has 1 aromatic heterocycles. The van der Waals surface area contributed by atoms with Crippen molar-refractivity contribution in [1.29, 1.82) is 0 Å². The number of aromatic nitrogens is 1. The number of halogens is 2. The van der Waals surface area contributed by atoms with Crippen molar-refractivity contribution in [3.63, 3.8) is 0 Å². The lowest BCUT2D eigenvalue weighted by atomic mass is 9.80. The van der Waals surface area contributed by atoms with E-state index in [2.05, 4.69) is 5.32 Å². The lowest BCUT2D eigenvalue weighted by Gasteiger charge is -2.36. The van der Waals surface area contributed by atoms with Crippen LogP contribution in [0.5, 0.6) is 0 Å². The van der Waals surface area contributed by atoms with Crippen LogP contribution in [0.1, 0.15) is 48.3 Å². The second-order valence-electron chi connectivity index (χ2n) is 9.46. The summed E-state index contributed by atoms with van der Waals surface area (Å²) in [7, 11) is 3.31. The molecular weight excluding hydrogens is 440 g/mol. The van der Waals surface area contributed by atoms with Crippen molar-refractivity contribution < 1.29 is 18.3 Å². The van der Waals surface area contributed by atoms with Gasteiger partial charge in [-0.3, -0.25) is 9.59 Å². The molecule has 1 aliphatic heterocycles. The molecule has 1 unspecified atom stereocenters. The fraction of sp³-hybridized carbons (Fsp3) is 0.538. The largest absolute Gasteiger partial charge is 0.385 e. The predicted molar refractivity (Wildman–Crippen MR) is 126 cm³/mol. The van der Waals surface area contributed by atoms with Gasteiger partial charge in [-0.05, 0) is 67.8 Å². The molecular formula is C26H33F2N3O3. The Balaban J connectivity index is 1.58. The lowest BCUT2D eigenvalue weighted by Crippen LogP contribution is -2.47. The average molecular weight is 474 g/mol. The number of carbonyl (C=O) groups is 1. The van der Waals surface area contributed by atoms with E-state index in [0.29, 0.717) is 31.6 Å². The number of rotatable bonds is 9. The quantitative estimate of drug-likeness (QED) is 0.569. The highest BCUT2D eigenvalue weighted by atomic mass is 19.2. The Hall–Kier alpha value is -2.58. The first-order valence-corrected chi connectivity index (χ1v) is 12.0. The Morgan fingerprint density at radius 3 is 2.74 bits per heavy atom. The highest BCUT2D eigenvalue weighted by Gasteiger charge is 2.40. The van der Waals surface area contributed by atoms with Crippen molar-refractivity contribution >= 4 is 5.91 Å². The second kappa shape index (κ2) is 10.8. The van der Waals surface area contributed by atoms with Gasteiger partial charge in [0.1, 0.15) is 0 Å². The zero-order valence-corrected chi connectivity index (χ0v) is 19.9. The number of hydrogen-bond acceptors (Lipinski definition) is 4. The van der Waals surface area contributed by atoms with Crippen LogP contribution in [0.15, 0.2) is 35.3 Å². The lowest BCUT2D eigenvalue weighted by molar-refractivity contribution is -0.138. The number of amides is 1. The van der Waals surface area contributed by atoms with Gasteiger partial charge in [0, 0.05) is 57.7 Å². The van der Waals surface area contributed by atoms with E-state index in [-0.39, 0.29) is 41.5 Å². The smallest absolute Gasteiger partial charge is 0.250 e. The molecule has 0 bridgehead atoms. The van der Waals surface area contributed by atoms with Crippen molar-refractivity contribution in [2.24, 2.45) is 13.0 Å². The van der Waals surface area contributed by atoms with Gasteiger partial charge < -0.3 is 19.5 Å². The molecule has 8 heteroatoms. The van der Waals surface area contributed by atoms with Crippen LogP contribution < -0.4 is 10.9 Å². The van der Waals surface area contributed by atoms with Crippen LogP contribution in [0.3, 0.4) is 0 Å². The first-order valence-electron chi connectivity index (χ1n) is 12.0. The number of hydrogen-bond donors (Lipinski definition) is 1. The molecule has 6 nitrogen and oxygen atoms in total. The van der Waals surface area contributed by atoms with Gasteiger partial charge in [-0.15, -0.1) is 0 Å². The fourth-order valence-electron chi connectivity index (χ4n) is 4.87. The maximum atomic E-state index is 14.8.